The molecular weight excluding hydrogens is 348 g/mol. The number of furan rings is 1. The smallest absolute Gasteiger partial charge is 0.323 e. The molecule has 27 heavy (non-hydrogen) atoms. The molecule has 0 fully saturated rings. The lowest BCUT2D eigenvalue weighted by Gasteiger charge is -2.20. The van der Waals surface area contributed by atoms with Crippen LogP contribution in [0.3, 0.4) is 0 Å². The van der Waals surface area contributed by atoms with E-state index >= 15 is 0 Å². The number of hydrogen-bond donors (Lipinski definition) is 1. The molecule has 0 atom stereocenters. The third kappa shape index (κ3) is 4.84. The lowest BCUT2D eigenvalue weighted by molar-refractivity contribution is -0.144. The maximum Gasteiger partial charge on any atom is 0.323 e. The van der Waals surface area contributed by atoms with Gasteiger partial charge < -0.3 is 18.8 Å². The third-order valence-corrected chi connectivity index (χ3v) is 4.14. The number of amides is 1. The summed E-state index contributed by atoms with van der Waals surface area (Å²) in [6.07, 6.45) is 2.06. The first-order valence-electron chi connectivity index (χ1n) is 8.56. The molecule has 1 amide bonds. The molecule has 3 aromatic rings. The van der Waals surface area contributed by atoms with Crippen LogP contribution >= 0.6 is 0 Å². The van der Waals surface area contributed by atoms with E-state index in [1.54, 1.807) is 19.1 Å². The molecule has 7 heteroatoms. The molecule has 0 unspecified atom stereocenters. The van der Waals surface area contributed by atoms with Gasteiger partial charge in [-0.15, -0.1) is 0 Å². The highest BCUT2D eigenvalue weighted by Gasteiger charge is 2.21. The Kier molecular flexibility index (Phi) is 5.71. The summed E-state index contributed by atoms with van der Waals surface area (Å²) in [5, 5.41) is 9.14. The van der Waals surface area contributed by atoms with Crippen molar-refractivity contribution in [1.82, 2.24) is 9.88 Å². The number of rotatable bonds is 8. The van der Waals surface area contributed by atoms with Gasteiger partial charge in [0.15, 0.2) is 5.76 Å². The normalized spacial score (nSPS) is 10.7. The standard InChI is InChI=1S/C20H20N2O5/c1-14-16(21-20(27-14)17-8-5-11-26-17)12-18(23)22(13-19(24)25)10-9-15-6-3-2-4-7-15/h2-8,11H,9-10,12-13H2,1H3,(H,24,25). The molecule has 0 saturated carbocycles. The van der Waals surface area contributed by atoms with Gasteiger partial charge in [-0.3, -0.25) is 9.59 Å². The summed E-state index contributed by atoms with van der Waals surface area (Å²) in [6.45, 7) is 1.68. The van der Waals surface area contributed by atoms with E-state index in [2.05, 4.69) is 4.98 Å². The van der Waals surface area contributed by atoms with E-state index in [0.717, 1.165) is 5.56 Å². The minimum Gasteiger partial charge on any atom is -0.480 e. The molecule has 0 radical (unpaired) electrons. The van der Waals surface area contributed by atoms with Crippen molar-refractivity contribution in [2.24, 2.45) is 0 Å². The van der Waals surface area contributed by atoms with Gasteiger partial charge in [-0.1, -0.05) is 30.3 Å². The van der Waals surface area contributed by atoms with Crippen molar-refractivity contribution in [1.29, 1.82) is 0 Å². The van der Waals surface area contributed by atoms with Gasteiger partial charge in [0.2, 0.25) is 5.91 Å². The Morgan fingerprint density at radius 3 is 2.59 bits per heavy atom. The first-order valence-corrected chi connectivity index (χ1v) is 8.56. The van der Waals surface area contributed by atoms with E-state index in [9.17, 15) is 9.59 Å². The van der Waals surface area contributed by atoms with Crippen molar-refractivity contribution < 1.29 is 23.5 Å². The van der Waals surface area contributed by atoms with Crippen molar-refractivity contribution in [3.63, 3.8) is 0 Å². The second-order valence-electron chi connectivity index (χ2n) is 6.12. The van der Waals surface area contributed by atoms with Gasteiger partial charge in [0, 0.05) is 6.54 Å². The predicted octanol–water partition coefficient (Wildman–Crippen LogP) is 2.94. The molecule has 0 bridgehead atoms. The van der Waals surface area contributed by atoms with Gasteiger partial charge in [-0.05, 0) is 31.0 Å². The van der Waals surface area contributed by atoms with Crippen molar-refractivity contribution in [2.75, 3.05) is 13.1 Å². The molecule has 0 aliphatic heterocycles. The van der Waals surface area contributed by atoms with Crippen LogP contribution in [0.1, 0.15) is 17.0 Å². The largest absolute Gasteiger partial charge is 0.480 e. The highest BCUT2D eigenvalue weighted by atomic mass is 16.4. The van der Waals surface area contributed by atoms with Gasteiger partial charge in [-0.25, -0.2) is 4.98 Å². The van der Waals surface area contributed by atoms with Crippen LogP contribution in [0.25, 0.3) is 11.7 Å². The number of carbonyl (C=O) groups excluding carboxylic acids is 1. The maximum atomic E-state index is 12.7. The average Bonchev–Trinajstić information content (AvgIpc) is 3.29. The highest BCUT2D eigenvalue weighted by Crippen LogP contribution is 2.22. The maximum absolute atomic E-state index is 12.7. The zero-order valence-electron chi connectivity index (χ0n) is 14.9. The third-order valence-electron chi connectivity index (χ3n) is 4.14. The number of hydrogen-bond acceptors (Lipinski definition) is 5. The summed E-state index contributed by atoms with van der Waals surface area (Å²) >= 11 is 0. The molecule has 0 aliphatic rings. The van der Waals surface area contributed by atoms with Gasteiger partial charge in [-0.2, -0.15) is 0 Å². The predicted molar refractivity (Wildman–Crippen MR) is 97.0 cm³/mol. The Labute approximate surface area is 156 Å². The highest BCUT2D eigenvalue weighted by molar-refractivity contribution is 5.83. The van der Waals surface area contributed by atoms with Crippen LogP contribution in [-0.2, 0) is 22.4 Å². The first-order chi connectivity index (χ1) is 13.0. The topological polar surface area (TPSA) is 96.8 Å². The van der Waals surface area contributed by atoms with E-state index < -0.39 is 5.97 Å². The lowest BCUT2D eigenvalue weighted by Crippen LogP contribution is -2.38. The van der Waals surface area contributed by atoms with Crippen molar-refractivity contribution in [3.05, 3.63) is 65.7 Å². The average molecular weight is 368 g/mol. The van der Waals surface area contributed by atoms with Gasteiger partial charge in [0.1, 0.15) is 12.3 Å². The summed E-state index contributed by atoms with van der Waals surface area (Å²) in [6, 6.07) is 13.1. The van der Waals surface area contributed by atoms with Crippen molar-refractivity contribution in [3.8, 4) is 11.7 Å². The zero-order chi connectivity index (χ0) is 19.2. The number of aromatic nitrogens is 1. The van der Waals surface area contributed by atoms with Crippen LogP contribution in [0.15, 0.2) is 57.6 Å². The summed E-state index contributed by atoms with van der Waals surface area (Å²) in [5.41, 5.74) is 1.51. The number of carbonyl (C=O) groups is 2. The Hall–Kier alpha value is -3.35. The molecule has 2 aromatic heterocycles. The van der Waals surface area contributed by atoms with E-state index in [1.165, 1.54) is 11.2 Å². The molecule has 0 saturated heterocycles. The van der Waals surface area contributed by atoms with Gasteiger partial charge >= 0.3 is 5.97 Å². The molecule has 7 nitrogen and oxygen atoms in total. The van der Waals surface area contributed by atoms with E-state index in [1.807, 2.05) is 30.3 Å². The number of benzene rings is 1. The lowest BCUT2D eigenvalue weighted by atomic mass is 10.1. The first kappa shape index (κ1) is 18.4. The summed E-state index contributed by atoms with van der Waals surface area (Å²) in [5.74, 6) is -0.0778. The minimum atomic E-state index is -1.05. The van der Waals surface area contributed by atoms with Crippen LogP contribution < -0.4 is 0 Å². The van der Waals surface area contributed by atoms with E-state index in [-0.39, 0.29) is 18.9 Å². The fraction of sp³-hybridized carbons (Fsp3) is 0.250. The molecule has 0 spiro atoms. The van der Waals surface area contributed by atoms with Crippen LogP contribution in [0.5, 0.6) is 0 Å². The van der Waals surface area contributed by atoms with Gasteiger partial charge in [0.25, 0.3) is 5.89 Å². The van der Waals surface area contributed by atoms with E-state index in [0.29, 0.717) is 36.1 Å². The number of nitrogens with zero attached hydrogens (tertiary/aromatic N) is 2. The number of carboxylic acids is 1. The Morgan fingerprint density at radius 2 is 1.93 bits per heavy atom. The molecule has 1 N–H and O–H groups in total. The monoisotopic (exact) mass is 368 g/mol. The second-order valence-corrected chi connectivity index (χ2v) is 6.12. The zero-order valence-corrected chi connectivity index (χ0v) is 14.9. The van der Waals surface area contributed by atoms with Crippen molar-refractivity contribution in [2.45, 2.75) is 19.8 Å². The quantitative estimate of drug-likeness (QED) is 0.657. The van der Waals surface area contributed by atoms with Crippen LogP contribution in [0.2, 0.25) is 0 Å². The molecular formula is C20H20N2O5. The van der Waals surface area contributed by atoms with Gasteiger partial charge in [0.05, 0.1) is 18.4 Å². The SMILES string of the molecule is Cc1oc(-c2ccco2)nc1CC(=O)N(CCc1ccccc1)CC(=O)O. The fourth-order valence-corrected chi connectivity index (χ4v) is 2.72. The molecule has 3 rings (SSSR count). The van der Waals surface area contributed by atoms with Crippen LogP contribution in [-0.4, -0.2) is 40.0 Å². The summed E-state index contributed by atoms with van der Waals surface area (Å²) < 4.78 is 10.8. The second kappa shape index (κ2) is 8.35. The Balaban J connectivity index is 1.69. The Morgan fingerprint density at radius 1 is 1.15 bits per heavy atom. The Bertz CT molecular complexity index is 900. The molecule has 140 valence electrons. The summed E-state index contributed by atoms with van der Waals surface area (Å²) in [7, 11) is 0. The number of carboxylic acid groups (broad SMARTS) is 1. The number of aryl methyl sites for hydroxylation is 1. The molecule has 1 aromatic carbocycles. The van der Waals surface area contributed by atoms with E-state index in [4.69, 9.17) is 13.9 Å². The fourth-order valence-electron chi connectivity index (χ4n) is 2.72. The molecule has 2 heterocycles. The molecule has 0 aliphatic carbocycles. The minimum absolute atomic E-state index is 0.0297. The number of oxazole rings is 1. The summed E-state index contributed by atoms with van der Waals surface area (Å²) in [4.78, 5) is 29.5. The number of aliphatic carboxylic acids is 1. The van der Waals surface area contributed by atoms with Crippen LogP contribution in [0.4, 0.5) is 0 Å². The van der Waals surface area contributed by atoms with Crippen molar-refractivity contribution >= 4 is 11.9 Å². The van der Waals surface area contributed by atoms with Crippen LogP contribution in [0, 0.1) is 6.92 Å².